The van der Waals surface area contributed by atoms with Crippen molar-refractivity contribution in [2.24, 2.45) is 11.8 Å². The van der Waals surface area contributed by atoms with Gasteiger partial charge in [-0.05, 0) is 69.6 Å². The average molecular weight is 495 g/mol. The van der Waals surface area contributed by atoms with Crippen LogP contribution in [0.3, 0.4) is 0 Å². The van der Waals surface area contributed by atoms with Crippen molar-refractivity contribution in [1.82, 2.24) is 0 Å². The second kappa shape index (κ2) is 15.3. The Morgan fingerprint density at radius 3 is 1.80 bits per heavy atom. The van der Waals surface area contributed by atoms with Gasteiger partial charge in [0.05, 0.1) is 19.3 Å². The van der Waals surface area contributed by atoms with Crippen LogP contribution in [0.4, 0.5) is 0 Å². The third-order valence-electron chi connectivity index (χ3n) is 6.51. The van der Waals surface area contributed by atoms with Crippen molar-refractivity contribution in [3.63, 3.8) is 0 Å². The van der Waals surface area contributed by atoms with Crippen LogP contribution in [0.25, 0.3) is 0 Å². The number of aliphatic hydroxyl groups excluding tert-OH is 1. The molecule has 0 saturated heterocycles. The van der Waals surface area contributed by atoms with Crippen LogP contribution in [-0.2, 0) is 38.1 Å². The van der Waals surface area contributed by atoms with Crippen molar-refractivity contribution >= 4 is 23.9 Å². The molecule has 2 rings (SSSR count). The second-order valence-corrected chi connectivity index (χ2v) is 9.28. The van der Waals surface area contributed by atoms with E-state index >= 15 is 0 Å². The number of rotatable bonds is 13. The Labute approximate surface area is 206 Å². The van der Waals surface area contributed by atoms with Gasteiger partial charge in [0, 0.05) is 25.0 Å². The topological polar surface area (TPSA) is 125 Å². The van der Waals surface area contributed by atoms with E-state index in [1.54, 1.807) is 0 Å². The smallest absolute Gasteiger partial charge is 0.330 e. The van der Waals surface area contributed by atoms with E-state index in [1.165, 1.54) is 0 Å². The Hall–Kier alpha value is -2.68. The molecule has 35 heavy (non-hydrogen) atoms. The van der Waals surface area contributed by atoms with E-state index in [4.69, 9.17) is 18.9 Å². The van der Waals surface area contributed by atoms with Gasteiger partial charge in [-0.25, -0.2) is 9.59 Å². The third-order valence-corrected chi connectivity index (χ3v) is 6.51. The molecule has 0 aromatic carbocycles. The molecule has 0 heterocycles. The molecular formula is C26H38O9. The second-order valence-electron chi connectivity index (χ2n) is 9.28. The maximum absolute atomic E-state index is 12.0. The van der Waals surface area contributed by atoms with E-state index in [0.29, 0.717) is 38.7 Å². The first-order valence-corrected chi connectivity index (χ1v) is 12.5. The van der Waals surface area contributed by atoms with Crippen LogP contribution in [0.5, 0.6) is 0 Å². The van der Waals surface area contributed by atoms with Gasteiger partial charge in [-0.15, -0.1) is 0 Å². The van der Waals surface area contributed by atoms with Crippen molar-refractivity contribution in [2.75, 3.05) is 13.2 Å². The number of hydrogen-bond acceptors (Lipinski definition) is 9. The lowest BCUT2D eigenvalue weighted by atomic mass is 9.86. The number of aliphatic hydroxyl groups is 1. The predicted octanol–water partition coefficient (Wildman–Crippen LogP) is 3.18. The number of hydrogen-bond donors (Lipinski definition) is 1. The van der Waals surface area contributed by atoms with Gasteiger partial charge in [0.1, 0.15) is 12.2 Å². The van der Waals surface area contributed by atoms with E-state index in [1.807, 2.05) is 0 Å². The SMILES string of the molecule is C=CC(=O)OC1CCC(COC(=O)CCCCC(=O)OCC2CCC(OC(=O)C=C)C(O)C2)CC1. The van der Waals surface area contributed by atoms with Gasteiger partial charge >= 0.3 is 23.9 Å². The summed E-state index contributed by atoms with van der Waals surface area (Å²) < 4.78 is 21.0. The summed E-state index contributed by atoms with van der Waals surface area (Å²) >= 11 is 0. The van der Waals surface area contributed by atoms with E-state index in [9.17, 15) is 24.3 Å². The van der Waals surface area contributed by atoms with Crippen molar-refractivity contribution in [3.8, 4) is 0 Å². The van der Waals surface area contributed by atoms with E-state index in [2.05, 4.69) is 13.2 Å². The lowest BCUT2D eigenvalue weighted by Gasteiger charge is -2.32. The molecular weight excluding hydrogens is 456 g/mol. The molecule has 0 radical (unpaired) electrons. The van der Waals surface area contributed by atoms with E-state index in [-0.39, 0.29) is 49.3 Å². The van der Waals surface area contributed by atoms with Gasteiger partial charge in [-0.2, -0.15) is 0 Å². The first kappa shape index (κ1) is 28.6. The molecule has 0 bridgehead atoms. The zero-order valence-corrected chi connectivity index (χ0v) is 20.4. The minimum Gasteiger partial charge on any atom is -0.465 e. The molecule has 9 nitrogen and oxygen atoms in total. The normalized spacial score (nSPS) is 26.1. The average Bonchev–Trinajstić information content (AvgIpc) is 2.86. The van der Waals surface area contributed by atoms with Gasteiger partial charge in [0.25, 0.3) is 0 Å². The minimum atomic E-state index is -0.785. The van der Waals surface area contributed by atoms with Crippen LogP contribution < -0.4 is 0 Å². The van der Waals surface area contributed by atoms with Gasteiger partial charge in [-0.3, -0.25) is 9.59 Å². The lowest BCUT2D eigenvalue weighted by Crippen LogP contribution is -2.38. The van der Waals surface area contributed by atoms with Crippen LogP contribution in [0, 0.1) is 11.8 Å². The van der Waals surface area contributed by atoms with E-state index < -0.39 is 24.1 Å². The zero-order chi connectivity index (χ0) is 25.6. The summed E-state index contributed by atoms with van der Waals surface area (Å²) in [6, 6.07) is 0. The molecule has 9 heteroatoms. The molecule has 2 saturated carbocycles. The molecule has 0 aromatic rings. The van der Waals surface area contributed by atoms with Gasteiger partial charge in [-0.1, -0.05) is 13.2 Å². The van der Waals surface area contributed by atoms with Gasteiger partial charge < -0.3 is 24.1 Å². The van der Waals surface area contributed by atoms with Crippen molar-refractivity contribution in [3.05, 3.63) is 25.3 Å². The summed E-state index contributed by atoms with van der Waals surface area (Å²) in [6.07, 6.45) is 7.13. The molecule has 3 atom stereocenters. The summed E-state index contributed by atoms with van der Waals surface area (Å²) in [6.45, 7) is 7.32. The maximum Gasteiger partial charge on any atom is 0.330 e. The highest BCUT2D eigenvalue weighted by Crippen LogP contribution is 2.28. The number of esters is 4. The fourth-order valence-corrected chi connectivity index (χ4v) is 4.42. The van der Waals surface area contributed by atoms with E-state index in [0.717, 1.165) is 37.8 Å². The molecule has 2 aliphatic carbocycles. The molecule has 0 aromatic heterocycles. The predicted molar refractivity (Wildman–Crippen MR) is 126 cm³/mol. The Kier molecular flexibility index (Phi) is 12.5. The Bertz CT molecular complexity index is 739. The van der Waals surface area contributed by atoms with Crippen LogP contribution in [0.1, 0.15) is 70.6 Å². The molecule has 3 unspecified atom stereocenters. The molecule has 0 amide bonds. The van der Waals surface area contributed by atoms with Crippen molar-refractivity contribution < 1.29 is 43.2 Å². The maximum atomic E-state index is 12.0. The van der Waals surface area contributed by atoms with Crippen molar-refractivity contribution in [2.45, 2.75) is 88.9 Å². The monoisotopic (exact) mass is 494 g/mol. The highest BCUT2D eigenvalue weighted by atomic mass is 16.6. The molecule has 2 fully saturated rings. The van der Waals surface area contributed by atoms with Crippen LogP contribution in [0.2, 0.25) is 0 Å². The fraction of sp³-hybridized carbons (Fsp3) is 0.692. The summed E-state index contributed by atoms with van der Waals surface area (Å²) in [4.78, 5) is 46.5. The number of ether oxygens (including phenoxy) is 4. The highest BCUT2D eigenvalue weighted by Gasteiger charge is 2.32. The molecule has 196 valence electrons. The Balaban J connectivity index is 1.49. The Morgan fingerprint density at radius 1 is 0.743 bits per heavy atom. The zero-order valence-electron chi connectivity index (χ0n) is 20.4. The fourth-order valence-electron chi connectivity index (χ4n) is 4.42. The molecule has 0 aliphatic heterocycles. The number of unbranched alkanes of at least 4 members (excludes halogenated alkanes) is 1. The van der Waals surface area contributed by atoms with Crippen LogP contribution in [0.15, 0.2) is 25.3 Å². The van der Waals surface area contributed by atoms with Gasteiger partial charge in [0.15, 0.2) is 0 Å². The molecule has 0 spiro atoms. The number of carbonyl (C=O) groups excluding carboxylic acids is 4. The third kappa shape index (κ3) is 11.1. The summed E-state index contributed by atoms with van der Waals surface area (Å²) in [5.74, 6) is -1.28. The largest absolute Gasteiger partial charge is 0.465 e. The first-order chi connectivity index (χ1) is 16.8. The first-order valence-electron chi connectivity index (χ1n) is 12.5. The quantitative estimate of drug-likeness (QED) is 0.178. The summed E-state index contributed by atoms with van der Waals surface area (Å²) in [5, 5.41) is 10.1. The molecule has 1 N–H and O–H groups in total. The minimum absolute atomic E-state index is 0.0201. The van der Waals surface area contributed by atoms with Crippen molar-refractivity contribution in [1.29, 1.82) is 0 Å². The molecule has 2 aliphatic rings. The lowest BCUT2D eigenvalue weighted by molar-refractivity contribution is -0.155. The Morgan fingerprint density at radius 2 is 1.26 bits per heavy atom. The van der Waals surface area contributed by atoms with Crippen LogP contribution in [-0.4, -0.2) is 60.5 Å². The summed E-state index contributed by atoms with van der Waals surface area (Å²) in [5.41, 5.74) is 0. The highest BCUT2D eigenvalue weighted by molar-refractivity contribution is 5.81. The van der Waals surface area contributed by atoms with Crippen LogP contribution >= 0.6 is 0 Å². The van der Waals surface area contributed by atoms with Gasteiger partial charge in [0.2, 0.25) is 0 Å². The summed E-state index contributed by atoms with van der Waals surface area (Å²) in [7, 11) is 0. The number of carbonyl (C=O) groups is 4. The standard InChI is InChI=1S/C26H38O9/c1-3-23(28)34-20-12-9-18(10-13-20)16-32-25(30)7-5-6-8-26(31)33-17-19-11-14-22(21(27)15-19)35-24(29)4-2/h3-4,18-22,27H,1-2,5-17H2.